The summed E-state index contributed by atoms with van der Waals surface area (Å²) in [5.41, 5.74) is -1.10. The Morgan fingerprint density at radius 1 is 0.821 bits per heavy atom. The number of rotatable bonds is 9. The van der Waals surface area contributed by atoms with Crippen LogP contribution in [-0.2, 0) is 20.2 Å². The van der Waals surface area contributed by atoms with E-state index in [2.05, 4.69) is 20.8 Å². The van der Waals surface area contributed by atoms with E-state index in [1.54, 1.807) is 13.8 Å². The minimum atomic E-state index is -4.19. The third kappa shape index (κ3) is 6.56. The van der Waals surface area contributed by atoms with Crippen LogP contribution >= 0.6 is 0 Å². The molecule has 0 bridgehead atoms. The molecule has 11 atom stereocenters. The zero-order valence-electron chi connectivity index (χ0n) is 24.4. The van der Waals surface area contributed by atoms with Gasteiger partial charge in [-0.15, -0.1) is 0 Å². The van der Waals surface area contributed by atoms with E-state index in [0.29, 0.717) is 48.9 Å². The molecule has 4 saturated carbocycles. The molecule has 0 aromatic carbocycles. The van der Waals surface area contributed by atoms with Gasteiger partial charge < -0.3 is 10.2 Å². The van der Waals surface area contributed by atoms with Crippen molar-refractivity contribution in [2.45, 2.75) is 111 Å². The lowest BCUT2D eigenvalue weighted by Gasteiger charge is -2.63. The SMILES string of the molecule is C[C@H](CC[C@@H](O)C(C)(C)O)[C@H]1CC[C@H]2[C@@H]3C[C@H](CS(=O)(=O)O)[C@@H]4C[C@H](CS(=O)(=O)O)CC[C@]4(C)[C@H]3CC[C@]12C. The van der Waals surface area contributed by atoms with Crippen LogP contribution < -0.4 is 0 Å². The Kier molecular flexibility index (Phi) is 8.75. The fourth-order valence-corrected chi connectivity index (χ4v) is 12.2. The van der Waals surface area contributed by atoms with Crippen molar-refractivity contribution >= 4 is 20.2 Å². The highest BCUT2D eigenvalue weighted by Crippen LogP contribution is 2.69. The molecule has 0 amide bonds. The maximum absolute atomic E-state index is 12.2. The van der Waals surface area contributed by atoms with Crippen LogP contribution in [0, 0.1) is 58.2 Å². The van der Waals surface area contributed by atoms with Gasteiger partial charge in [0.2, 0.25) is 0 Å². The Morgan fingerprint density at radius 3 is 2.00 bits per heavy atom. The first kappa shape index (κ1) is 31.7. The van der Waals surface area contributed by atoms with Gasteiger partial charge in [0.1, 0.15) is 0 Å². The lowest BCUT2D eigenvalue weighted by atomic mass is 9.42. The summed E-state index contributed by atoms with van der Waals surface area (Å²) in [6.07, 6.45) is 7.90. The summed E-state index contributed by atoms with van der Waals surface area (Å²) in [6, 6.07) is 0. The van der Waals surface area contributed by atoms with Crippen molar-refractivity contribution in [1.29, 1.82) is 0 Å². The van der Waals surface area contributed by atoms with E-state index < -0.39 is 31.9 Å². The van der Waals surface area contributed by atoms with Gasteiger partial charge in [-0.3, -0.25) is 9.11 Å². The van der Waals surface area contributed by atoms with E-state index in [1.807, 2.05) is 0 Å². The predicted octanol–water partition coefficient (Wildman–Crippen LogP) is 4.81. The van der Waals surface area contributed by atoms with Crippen molar-refractivity contribution in [3.63, 3.8) is 0 Å². The Labute approximate surface area is 236 Å². The number of fused-ring (bicyclic) bond motifs is 5. The van der Waals surface area contributed by atoms with E-state index >= 15 is 0 Å². The molecule has 4 aliphatic rings. The second-order valence-electron chi connectivity index (χ2n) is 15.1. The summed E-state index contributed by atoms with van der Waals surface area (Å²) in [5.74, 6) is 1.22. The van der Waals surface area contributed by atoms with E-state index in [-0.39, 0.29) is 40.1 Å². The third-order valence-corrected chi connectivity index (χ3v) is 14.0. The van der Waals surface area contributed by atoms with Crippen molar-refractivity contribution in [2.75, 3.05) is 11.5 Å². The van der Waals surface area contributed by atoms with Crippen molar-refractivity contribution < 1.29 is 36.2 Å². The number of hydrogen-bond acceptors (Lipinski definition) is 6. The zero-order chi connectivity index (χ0) is 29.2. The molecule has 4 aliphatic carbocycles. The van der Waals surface area contributed by atoms with Gasteiger partial charge >= 0.3 is 0 Å². The van der Waals surface area contributed by atoms with E-state index in [4.69, 9.17) is 0 Å². The smallest absolute Gasteiger partial charge is 0.265 e. The Hall–Kier alpha value is -0.260. The van der Waals surface area contributed by atoms with Gasteiger partial charge in [0, 0.05) is 0 Å². The third-order valence-electron chi connectivity index (χ3n) is 12.3. The van der Waals surface area contributed by atoms with Crippen LogP contribution in [0.25, 0.3) is 0 Å². The normalized spacial score (nSPS) is 42.7. The van der Waals surface area contributed by atoms with Gasteiger partial charge in [0.15, 0.2) is 0 Å². The second kappa shape index (κ2) is 10.8. The first-order valence-corrected chi connectivity index (χ1v) is 18.3. The van der Waals surface area contributed by atoms with Crippen LogP contribution in [0.2, 0.25) is 0 Å². The topological polar surface area (TPSA) is 149 Å². The second-order valence-corrected chi connectivity index (χ2v) is 18.1. The van der Waals surface area contributed by atoms with E-state index in [1.165, 1.54) is 0 Å². The Bertz CT molecular complexity index is 1100. The minimum Gasteiger partial charge on any atom is -0.390 e. The maximum Gasteiger partial charge on any atom is 0.265 e. The quantitative estimate of drug-likeness (QED) is 0.279. The molecule has 0 radical (unpaired) electrons. The standard InChI is InChI=1S/C29H52O8S2/c1-18(6-9-26(30)27(2,3)31)22-7-8-23-21-15-20(17-39(35,36)37)25-14-19(16-38(32,33)34)10-12-29(25,5)24(21)11-13-28(22,23)4/h18-26,30-31H,6-17H2,1-5H3,(H,32,33,34)(H,35,36,37)/t18-,19-,20-,21+,22-,23+,24+,25+,26-,28-,29-/m1/s1. The van der Waals surface area contributed by atoms with Gasteiger partial charge in [0.05, 0.1) is 23.2 Å². The maximum atomic E-state index is 12.2. The van der Waals surface area contributed by atoms with Crippen LogP contribution in [0.1, 0.15) is 98.8 Å². The molecule has 4 N–H and O–H groups in total. The highest BCUT2D eigenvalue weighted by molar-refractivity contribution is 7.86. The first-order chi connectivity index (χ1) is 17.7. The molecule has 8 nitrogen and oxygen atoms in total. The average molecular weight is 593 g/mol. The minimum absolute atomic E-state index is 0.00461. The summed E-state index contributed by atoms with van der Waals surface area (Å²) in [7, 11) is -8.30. The molecule has 0 heterocycles. The van der Waals surface area contributed by atoms with Crippen LogP contribution in [0.15, 0.2) is 0 Å². The molecule has 0 aromatic heterocycles. The molecule has 39 heavy (non-hydrogen) atoms. The lowest BCUT2D eigenvalue weighted by molar-refractivity contribution is -0.140. The van der Waals surface area contributed by atoms with Crippen molar-refractivity contribution in [2.24, 2.45) is 58.2 Å². The Morgan fingerprint density at radius 2 is 1.41 bits per heavy atom. The summed E-state index contributed by atoms with van der Waals surface area (Å²) in [5, 5.41) is 20.6. The number of hydrogen-bond donors (Lipinski definition) is 4. The summed E-state index contributed by atoms with van der Waals surface area (Å²) >= 11 is 0. The highest BCUT2D eigenvalue weighted by atomic mass is 32.2. The lowest BCUT2D eigenvalue weighted by Crippen LogP contribution is -2.57. The van der Waals surface area contributed by atoms with Crippen molar-refractivity contribution in [3.8, 4) is 0 Å². The molecule has 0 unspecified atom stereocenters. The molecule has 4 fully saturated rings. The summed E-state index contributed by atoms with van der Waals surface area (Å²) in [4.78, 5) is 0. The van der Waals surface area contributed by atoms with Gasteiger partial charge in [-0.2, -0.15) is 16.8 Å². The monoisotopic (exact) mass is 592 g/mol. The van der Waals surface area contributed by atoms with Gasteiger partial charge in [-0.1, -0.05) is 20.8 Å². The largest absolute Gasteiger partial charge is 0.390 e. The van der Waals surface area contributed by atoms with Crippen molar-refractivity contribution in [1.82, 2.24) is 0 Å². The summed E-state index contributed by atoms with van der Waals surface area (Å²) < 4.78 is 67.0. The summed E-state index contributed by atoms with van der Waals surface area (Å²) in [6.45, 7) is 10.3. The molecule has 4 rings (SSSR count). The molecular weight excluding hydrogens is 540 g/mol. The van der Waals surface area contributed by atoms with E-state index in [0.717, 1.165) is 44.9 Å². The molecule has 228 valence electrons. The van der Waals surface area contributed by atoms with Crippen LogP contribution in [-0.4, -0.2) is 59.4 Å². The number of aliphatic hydroxyl groups is 2. The fourth-order valence-electron chi connectivity index (χ4n) is 10.4. The zero-order valence-corrected chi connectivity index (χ0v) is 26.1. The number of aliphatic hydroxyl groups excluding tert-OH is 1. The van der Waals surface area contributed by atoms with Crippen LogP contribution in [0.5, 0.6) is 0 Å². The van der Waals surface area contributed by atoms with Crippen molar-refractivity contribution in [3.05, 3.63) is 0 Å². The van der Waals surface area contributed by atoms with Gasteiger partial charge in [0.25, 0.3) is 20.2 Å². The molecular formula is C29H52O8S2. The van der Waals surface area contributed by atoms with Crippen LogP contribution in [0.4, 0.5) is 0 Å². The highest BCUT2D eigenvalue weighted by Gasteiger charge is 2.62. The molecule has 0 aliphatic heterocycles. The average Bonchev–Trinajstić information content (AvgIpc) is 3.13. The van der Waals surface area contributed by atoms with E-state index in [9.17, 15) is 36.2 Å². The molecule has 0 spiro atoms. The van der Waals surface area contributed by atoms with Gasteiger partial charge in [-0.25, -0.2) is 0 Å². The van der Waals surface area contributed by atoms with Crippen LogP contribution in [0.3, 0.4) is 0 Å². The Balaban J connectivity index is 1.56. The fraction of sp³-hybridized carbons (Fsp3) is 1.00. The molecule has 0 saturated heterocycles. The molecule has 0 aromatic rings. The molecule has 10 heteroatoms. The predicted molar refractivity (Wildman–Crippen MR) is 151 cm³/mol. The first-order valence-electron chi connectivity index (χ1n) is 15.1. The van der Waals surface area contributed by atoms with Gasteiger partial charge in [-0.05, 0) is 136 Å².